The second-order valence-corrected chi connectivity index (χ2v) is 3.58. The molecule has 0 aliphatic carbocycles. The van der Waals surface area contributed by atoms with Crippen LogP contribution in [-0.4, -0.2) is 22.1 Å². The fraction of sp³-hybridized carbons (Fsp3) is 0.636. The molecule has 4 nitrogen and oxygen atoms in total. The van der Waals surface area contributed by atoms with Gasteiger partial charge in [-0.25, -0.2) is 4.98 Å². The van der Waals surface area contributed by atoms with Crippen LogP contribution in [0.15, 0.2) is 6.33 Å². The first kappa shape index (κ1) is 11.8. The number of hydrogen-bond acceptors (Lipinski definition) is 3. The van der Waals surface area contributed by atoms with Crippen LogP contribution in [0.25, 0.3) is 0 Å². The van der Waals surface area contributed by atoms with Gasteiger partial charge in [-0.05, 0) is 20.3 Å². The van der Waals surface area contributed by atoms with Crippen molar-refractivity contribution in [2.75, 3.05) is 6.61 Å². The summed E-state index contributed by atoms with van der Waals surface area (Å²) < 4.78 is 6.96. The van der Waals surface area contributed by atoms with E-state index < -0.39 is 0 Å². The summed E-state index contributed by atoms with van der Waals surface area (Å²) in [6.07, 6.45) is 3.04. The summed E-state index contributed by atoms with van der Waals surface area (Å²) in [4.78, 5) is 15.4. The Labute approximate surface area is 90.3 Å². The predicted octanol–water partition coefficient (Wildman–Crippen LogP) is 1.84. The van der Waals surface area contributed by atoms with Crippen LogP contribution in [0.2, 0.25) is 0 Å². The Morgan fingerprint density at radius 3 is 2.80 bits per heavy atom. The standard InChI is InChI=1S/C11H18N2O2/c1-4-7-15-11(14)5-6-13-8-12-9(2)10(13)3/h8H,4-7H2,1-3H3. The van der Waals surface area contributed by atoms with Crippen LogP contribution in [0.5, 0.6) is 0 Å². The minimum atomic E-state index is -0.136. The first-order valence-electron chi connectivity index (χ1n) is 5.29. The van der Waals surface area contributed by atoms with Gasteiger partial charge in [-0.3, -0.25) is 4.79 Å². The number of nitrogens with zero attached hydrogens (tertiary/aromatic N) is 2. The molecule has 0 bridgehead atoms. The molecule has 4 heteroatoms. The number of hydrogen-bond donors (Lipinski definition) is 0. The number of aromatic nitrogens is 2. The number of esters is 1. The summed E-state index contributed by atoms with van der Waals surface area (Å²) in [6, 6.07) is 0. The zero-order valence-electron chi connectivity index (χ0n) is 9.62. The largest absolute Gasteiger partial charge is 0.466 e. The highest BCUT2D eigenvalue weighted by Crippen LogP contribution is 2.05. The topological polar surface area (TPSA) is 44.1 Å². The third-order valence-electron chi connectivity index (χ3n) is 2.37. The number of ether oxygens (including phenoxy) is 1. The van der Waals surface area contributed by atoms with E-state index in [1.165, 1.54) is 0 Å². The van der Waals surface area contributed by atoms with Crippen molar-refractivity contribution in [3.8, 4) is 0 Å². The van der Waals surface area contributed by atoms with Crippen LogP contribution in [0, 0.1) is 13.8 Å². The highest BCUT2D eigenvalue weighted by Gasteiger charge is 2.05. The van der Waals surface area contributed by atoms with Gasteiger partial charge in [0.05, 0.1) is 25.0 Å². The molecule has 15 heavy (non-hydrogen) atoms. The summed E-state index contributed by atoms with van der Waals surface area (Å²) in [6.45, 7) is 7.10. The van der Waals surface area contributed by atoms with Gasteiger partial charge in [-0.2, -0.15) is 0 Å². The molecule has 0 aliphatic heterocycles. The average molecular weight is 210 g/mol. The highest BCUT2D eigenvalue weighted by molar-refractivity contribution is 5.69. The second kappa shape index (κ2) is 5.53. The first-order valence-corrected chi connectivity index (χ1v) is 5.29. The normalized spacial score (nSPS) is 10.3. The zero-order valence-corrected chi connectivity index (χ0v) is 9.62. The van der Waals surface area contributed by atoms with Crippen LogP contribution in [0.3, 0.4) is 0 Å². The van der Waals surface area contributed by atoms with Crippen molar-refractivity contribution in [3.63, 3.8) is 0 Å². The van der Waals surface area contributed by atoms with Gasteiger partial charge in [0.2, 0.25) is 0 Å². The second-order valence-electron chi connectivity index (χ2n) is 3.58. The van der Waals surface area contributed by atoms with E-state index >= 15 is 0 Å². The SMILES string of the molecule is CCCOC(=O)CCn1cnc(C)c1C. The number of aryl methyl sites for hydroxylation is 2. The molecule has 1 heterocycles. The molecule has 0 saturated carbocycles. The van der Waals surface area contributed by atoms with E-state index in [9.17, 15) is 4.79 Å². The van der Waals surface area contributed by atoms with E-state index in [0.717, 1.165) is 17.8 Å². The van der Waals surface area contributed by atoms with Crippen molar-refractivity contribution < 1.29 is 9.53 Å². The van der Waals surface area contributed by atoms with E-state index in [1.54, 1.807) is 6.33 Å². The van der Waals surface area contributed by atoms with Gasteiger partial charge < -0.3 is 9.30 Å². The molecule has 0 fully saturated rings. The lowest BCUT2D eigenvalue weighted by atomic mass is 10.3. The van der Waals surface area contributed by atoms with E-state index in [4.69, 9.17) is 4.74 Å². The van der Waals surface area contributed by atoms with Crippen LogP contribution in [0.4, 0.5) is 0 Å². The number of imidazole rings is 1. The van der Waals surface area contributed by atoms with E-state index in [0.29, 0.717) is 19.6 Å². The van der Waals surface area contributed by atoms with Crippen molar-refractivity contribution >= 4 is 5.97 Å². The lowest BCUT2D eigenvalue weighted by Crippen LogP contribution is -2.10. The van der Waals surface area contributed by atoms with E-state index in [1.807, 2.05) is 25.3 Å². The maximum Gasteiger partial charge on any atom is 0.307 e. The van der Waals surface area contributed by atoms with Gasteiger partial charge in [0.15, 0.2) is 0 Å². The van der Waals surface area contributed by atoms with Gasteiger partial charge >= 0.3 is 5.97 Å². The molecular weight excluding hydrogens is 192 g/mol. The molecule has 0 atom stereocenters. The van der Waals surface area contributed by atoms with Crippen LogP contribution in [0.1, 0.15) is 31.2 Å². The molecular formula is C11H18N2O2. The van der Waals surface area contributed by atoms with Crippen molar-refractivity contribution in [3.05, 3.63) is 17.7 Å². The van der Waals surface area contributed by atoms with Gasteiger partial charge in [0.25, 0.3) is 0 Å². The third kappa shape index (κ3) is 3.38. The quantitative estimate of drug-likeness (QED) is 0.696. The number of carbonyl (C=O) groups is 1. The summed E-state index contributed by atoms with van der Waals surface area (Å²) in [5.74, 6) is -0.136. The molecule has 1 aromatic rings. The molecule has 0 saturated heterocycles. The third-order valence-corrected chi connectivity index (χ3v) is 2.37. The smallest absolute Gasteiger partial charge is 0.307 e. The van der Waals surface area contributed by atoms with Crippen LogP contribution >= 0.6 is 0 Å². The van der Waals surface area contributed by atoms with E-state index in [2.05, 4.69) is 4.98 Å². The van der Waals surface area contributed by atoms with Crippen molar-refractivity contribution in [2.24, 2.45) is 0 Å². The average Bonchev–Trinajstić information content (AvgIpc) is 2.54. The van der Waals surface area contributed by atoms with Gasteiger partial charge in [-0.15, -0.1) is 0 Å². The number of carbonyl (C=O) groups excluding carboxylic acids is 1. The van der Waals surface area contributed by atoms with Crippen molar-refractivity contribution in [1.82, 2.24) is 9.55 Å². The molecule has 0 aliphatic rings. The summed E-state index contributed by atoms with van der Waals surface area (Å²) >= 11 is 0. The minimum absolute atomic E-state index is 0.136. The summed E-state index contributed by atoms with van der Waals surface area (Å²) in [7, 11) is 0. The molecule has 84 valence electrons. The van der Waals surface area contributed by atoms with Gasteiger partial charge in [0.1, 0.15) is 0 Å². The highest BCUT2D eigenvalue weighted by atomic mass is 16.5. The number of rotatable bonds is 5. The molecule has 1 rings (SSSR count). The Morgan fingerprint density at radius 1 is 1.53 bits per heavy atom. The Kier molecular flexibility index (Phi) is 4.34. The molecule has 0 N–H and O–H groups in total. The van der Waals surface area contributed by atoms with Crippen LogP contribution < -0.4 is 0 Å². The van der Waals surface area contributed by atoms with Crippen LogP contribution in [-0.2, 0) is 16.1 Å². The summed E-state index contributed by atoms with van der Waals surface area (Å²) in [5, 5.41) is 0. The molecule has 0 radical (unpaired) electrons. The fourth-order valence-electron chi connectivity index (χ4n) is 1.27. The first-order chi connectivity index (χ1) is 7.15. The summed E-state index contributed by atoms with van der Waals surface area (Å²) in [5.41, 5.74) is 2.12. The Hall–Kier alpha value is -1.32. The molecule has 0 unspecified atom stereocenters. The lowest BCUT2D eigenvalue weighted by Gasteiger charge is -2.05. The maximum atomic E-state index is 11.2. The Bertz CT molecular complexity index is 331. The minimum Gasteiger partial charge on any atom is -0.466 e. The molecule has 0 spiro atoms. The van der Waals surface area contributed by atoms with Crippen molar-refractivity contribution in [1.29, 1.82) is 0 Å². The maximum absolute atomic E-state index is 11.2. The Morgan fingerprint density at radius 2 is 2.27 bits per heavy atom. The monoisotopic (exact) mass is 210 g/mol. The Balaban J connectivity index is 2.37. The zero-order chi connectivity index (χ0) is 11.3. The fourth-order valence-corrected chi connectivity index (χ4v) is 1.27. The molecule has 0 aromatic carbocycles. The lowest BCUT2D eigenvalue weighted by molar-refractivity contribution is -0.143. The van der Waals surface area contributed by atoms with Gasteiger partial charge in [0, 0.05) is 12.2 Å². The van der Waals surface area contributed by atoms with Gasteiger partial charge in [-0.1, -0.05) is 6.92 Å². The van der Waals surface area contributed by atoms with Crippen molar-refractivity contribution in [2.45, 2.75) is 40.2 Å². The molecule has 1 aromatic heterocycles. The molecule has 0 amide bonds. The van der Waals surface area contributed by atoms with E-state index in [-0.39, 0.29) is 5.97 Å². The predicted molar refractivity (Wildman–Crippen MR) is 57.6 cm³/mol.